The number of carbonyl (C=O) groups is 1. The molecule has 0 aliphatic carbocycles. The predicted molar refractivity (Wildman–Crippen MR) is 59.1 cm³/mol. The summed E-state index contributed by atoms with van der Waals surface area (Å²) in [7, 11) is 0. The number of benzene rings is 1. The molecule has 1 nitrogen and oxygen atoms in total. The molecule has 16 heavy (non-hydrogen) atoms. The van der Waals surface area contributed by atoms with Crippen LogP contribution in [0.2, 0.25) is 0 Å². The highest BCUT2D eigenvalue weighted by Crippen LogP contribution is 2.11. The molecular weight excluding hydrogens is 210 g/mol. The van der Waals surface area contributed by atoms with E-state index in [4.69, 9.17) is 0 Å². The van der Waals surface area contributed by atoms with Gasteiger partial charge in [-0.2, -0.15) is 0 Å². The molecule has 0 atom stereocenters. The van der Waals surface area contributed by atoms with Gasteiger partial charge in [-0.15, -0.1) is 6.58 Å². The highest BCUT2D eigenvalue weighted by Gasteiger charge is 2.06. The van der Waals surface area contributed by atoms with Crippen LogP contribution in [-0.4, -0.2) is 5.78 Å². The van der Waals surface area contributed by atoms with E-state index in [1.54, 1.807) is 0 Å². The summed E-state index contributed by atoms with van der Waals surface area (Å²) in [6.07, 6.45) is 1.06. The average molecular weight is 224 g/mol. The Morgan fingerprint density at radius 2 is 1.75 bits per heavy atom. The number of hydrogen-bond acceptors (Lipinski definition) is 1. The van der Waals surface area contributed by atoms with Crippen LogP contribution in [0.1, 0.15) is 25.3 Å². The maximum Gasteiger partial charge on any atom is 0.137 e. The lowest BCUT2D eigenvalue weighted by atomic mass is 10.0. The van der Waals surface area contributed by atoms with Crippen LogP contribution in [0.3, 0.4) is 0 Å². The normalized spacial score (nSPS) is 10.2. The molecule has 1 aromatic carbocycles. The Hall–Kier alpha value is -1.51. The van der Waals surface area contributed by atoms with Crippen LogP contribution in [0.15, 0.2) is 30.4 Å². The van der Waals surface area contributed by atoms with Crippen LogP contribution in [-0.2, 0) is 11.2 Å². The van der Waals surface area contributed by atoms with E-state index in [0.717, 1.165) is 11.6 Å². The number of carbonyl (C=O) groups excluding carboxylic acids is 1. The minimum atomic E-state index is -0.650. The maximum atomic E-state index is 12.8. The topological polar surface area (TPSA) is 17.1 Å². The van der Waals surface area contributed by atoms with Gasteiger partial charge in [-0.1, -0.05) is 5.57 Å². The second kappa shape index (κ2) is 5.54. The van der Waals surface area contributed by atoms with Gasteiger partial charge in [0.05, 0.1) is 0 Å². The number of ketones is 1. The molecule has 0 saturated heterocycles. The first-order valence-corrected chi connectivity index (χ1v) is 5.08. The van der Waals surface area contributed by atoms with Crippen LogP contribution in [0.5, 0.6) is 0 Å². The van der Waals surface area contributed by atoms with Crippen LogP contribution in [0.4, 0.5) is 8.78 Å². The molecule has 0 N–H and O–H groups in total. The molecule has 0 amide bonds. The van der Waals surface area contributed by atoms with Crippen LogP contribution in [0.25, 0.3) is 0 Å². The largest absolute Gasteiger partial charge is 0.299 e. The van der Waals surface area contributed by atoms with Gasteiger partial charge in [0.1, 0.15) is 17.4 Å². The van der Waals surface area contributed by atoms with Crippen molar-refractivity contribution in [2.24, 2.45) is 0 Å². The molecule has 0 heterocycles. The second-order valence-corrected chi connectivity index (χ2v) is 3.95. The molecule has 3 heteroatoms. The number of rotatable bonds is 5. The minimum Gasteiger partial charge on any atom is -0.299 e. The third-order valence-corrected chi connectivity index (χ3v) is 2.15. The van der Waals surface area contributed by atoms with Crippen LogP contribution < -0.4 is 0 Å². The lowest BCUT2D eigenvalue weighted by Crippen LogP contribution is -2.03. The molecule has 0 fully saturated rings. The van der Waals surface area contributed by atoms with Crippen molar-refractivity contribution in [2.75, 3.05) is 0 Å². The van der Waals surface area contributed by atoms with Gasteiger partial charge in [-0.3, -0.25) is 4.79 Å². The second-order valence-electron chi connectivity index (χ2n) is 3.95. The van der Waals surface area contributed by atoms with E-state index in [2.05, 4.69) is 6.58 Å². The lowest BCUT2D eigenvalue weighted by molar-refractivity contribution is -0.118. The first kappa shape index (κ1) is 12.6. The molecule has 0 radical (unpaired) electrons. The summed E-state index contributed by atoms with van der Waals surface area (Å²) in [4.78, 5) is 11.5. The quantitative estimate of drug-likeness (QED) is 0.700. The fourth-order valence-corrected chi connectivity index (χ4v) is 1.38. The standard InChI is InChI=1S/C13H14F2O/c1-9(2)3-4-13(16)7-10-5-11(14)8-12(15)6-10/h5-6,8H,1,3-4,7H2,2H3. The van der Waals surface area contributed by atoms with Crippen molar-refractivity contribution in [3.05, 3.63) is 47.5 Å². The van der Waals surface area contributed by atoms with E-state index in [9.17, 15) is 13.6 Å². The number of Topliss-reactive ketones (excluding diaryl/α,β-unsaturated/α-hetero) is 1. The highest BCUT2D eigenvalue weighted by molar-refractivity contribution is 5.81. The molecule has 1 rings (SSSR count). The van der Waals surface area contributed by atoms with Gasteiger partial charge in [0.15, 0.2) is 0 Å². The van der Waals surface area contributed by atoms with Gasteiger partial charge in [0, 0.05) is 18.9 Å². The van der Waals surface area contributed by atoms with Crippen molar-refractivity contribution in [1.82, 2.24) is 0 Å². The summed E-state index contributed by atoms with van der Waals surface area (Å²) in [6.45, 7) is 5.53. The van der Waals surface area contributed by atoms with Crippen molar-refractivity contribution < 1.29 is 13.6 Å². The van der Waals surface area contributed by atoms with E-state index in [-0.39, 0.29) is 12.2 Å². The van der Waals surface area contributed by atoms with E-state index in [1.165, 1.54) is 12.1 Å². The molecule has 0 aromatic heterocycles. The Labute approximate surface area is 93.8 Å². The Kier molecular flexibility index (Phi) is 4.35. The molecule has 0 saturated carbocycles. The van der Waals surface area contributed by atoms with Gasteiger partial charge in [-0.25, -0.2) is 8.78 Å². The number of hydrogen-bond donors (Lipinski definition) is 0. The summed E-state index contributed by atoms with van der Waals surface area (Å²) >= 11 is 0. The predicted octanol–water partition coefficient (Wildman–Crippen LogP) is 3.43. The maximum absolute atomic E-state index is 12.8. The fraction of sp³-hybridized carbons (Fsp3) is 0.308. The average Bonchev–Trinajstić information content (AvgIpc) is 2.12. The summed E-state index contributed by atoms with van der Waals surface area (Å²) in [5.41, 5.74) is 1.31. The van der Waals surface area contributed by atoms with Crippen molar-refractivity contribution >= 4 is 5.78 Å². The van der Waals surface area contributed by atoms with Gasteiger partial charge in [-0.05, 0) is 31.0 Å². The number of halogens is 2. The SMILES string of the molecule is C=C(C)CCC(=O)Cc1cc(F)cc(F)c1. The Morgan fingerprint density at radius 3 is 2.25 bits per heavy atom. The molecule has 0 bridgehead atoms. The lowest BCUT2D eigenvalue weighted by Gasteiger charge is -2.02. The third kappa shape index (κ3) is 4.34. The zero-order valence-corrected chi connectivity index (χ0v) is 9.22. The summed E-state index contributed by atoms with van der Waals surface area (Å²) in [5.74, 6) is -1.33. The van der Waals surface area contributed by atoms with Gasteiger partial charge < -0.3 is 0 Å². The van der Waals surface area contributed by atoms with E-state index in [1.807, 2.05) is 6.92 Å². The Bertz CT molecular complexity index is 390. The van der Waals surface area contributed by atoms with Gasteiger partial charge >= 0.3 is 0 Å². The van der Waals surface area contributed by atoms with Crippen LogP contribution >= 0.6 is 0 Å². The summed E-state index contributed by atoms with van der Waals surface area (Å²) < 4.78 is 25.7. The first-order valence-electron chi connectivity index (χ1n) is 5.08. The molecule has 0 aliphatic heterocycles. The zero-order valence-electron chi connectivity index (χ0n) is 9.22. The Balaban J connectivity index is 2.59. The van der Waals surface area contributed by atoms with Crippen molar-refractivity contribution in [3.8, 4) is 0 Å². The number of allylic oxidation sites excluding steroid dienone is 1. The summed E-state index contributed by atoms with van der Waals surface area (Å²) in [5, 5.41) is 0. The Morgan fingerprint density at radius 1 is 1.19 bits per heavy atom. The minimum absolute atomic E-state index is 0.0343. The van der Waals surface area contributed by atoms with Crippen LogP contribution in [0, 0.1) is 11.6 Å². The van der Waals surface area contributed by atoms with Crippen molar-refractivity contribution in [2.45, 2.75) is 26.2 Å². The van der Waals surface area contributed by atoms with Crippen molar-refractivity contribution in [1.29, 1.82) is 0 Å². The fourth-order valence-electron chi connectivity index (χ4n) is 1.38. The van der Waals surface area contributed by atoms with Gasteiger partial charge in [0.2, 0.25) is 0 Å². The molecule has 1 aromatic rings. The molecular formula is C13H14F2O. The monoisotopic (exact) mass is 224 g/mol. The van der Waals surface area contributed by atoms with E-state index >= 15 is 0 Å². The smallest absolute Gasteiger partial charge is 0.137 e. The molecule has 0 unspecified atom stereocenters. The molecule has 0 spiro atoms. The van der Waals surface area contributed by atoms with Crippen molar-refractivity contribution in [3.63, 3.8) is 0 Å². The van der Waals surface area contributed by atoms with E-state index in [0.29, 0.717) is 18.4 Å². The molecule has 86 valence electrons. The summed E-state index contributed by atoms with van der Waals surface area (Å²) in [6, 6.07) is 3.16. The highest BCUT2D eigenvalue weighted by atomic mass is 19.1. The van der Waals surface area contributed by atoms with E-state index < -0.39 is 11.6 Å². The zero-order chi connectivity index (χ0) is 12.1. The third-order valence-electron chi connectivity index (χ3n) is 2.15. The first-order chi connectivity index (χ1) is 7.47. The van der Waals surface area contributed by atoms with Gasteiger partial charge in [0.25, 0.3) is 0 Å². The molecule has 0 aliphatic rings.